The Morgan fingerprint density at radius 1 is 1.24 bits per heavy atom. The largest absolute Gasteiger partial charge is 0.245 e. The highest BCUT2D eigenvalue weighted by Crippen LogP contribution is 2.19. The summed E-state index contributed by atoms with van der Waals surface area (Å²) in [6.45, 7) is 8.23. The van der Waals surface area contributed by atoms with E-state index in [0.717, 1.165) is 21.8 Å². The predicted molar refractivity (Wildman–Crippen MR) is 86.1 cm³/mol. The standard InChI is InChI=1S/C15H20N2O2S2/c1-10(2)14-9-20-15(17-14)8-16-21(18,19)13-6-5-11(3)12(4)7-13/h5-7,9-10,16H,8H2,1-4H3. The minimum Gasteiger partial charge on any atom is -0.245 e. The van der Waals surface area contributed by atoms with Gasteiger partial charge in [-0.25, -0.2) is 18.1 Å². The van der Waals surface area contributed by atoms with E-state index in [9.17, 15) is 8.42 Å². The normalized spacial score (nSPS) is 12.0. The van der Waals surface area contributed by atoms with Crippen LogP contribution in [-0.2, 0) is 16.6 Å². The van der Waals surface area contributed by atoms with Crippen LogP contribution in [-0.4, -0.2) is 13.4 Å². The van der Waals surface area contributed by atoms with Crippen LogP contribution in [0.25, 0.3) is 0 Å². The summed E-state index contributed by atoms with van der Waals surface area (Å²) in [5.74, 6) is 0.353. The van der Waals surface area contributed by atoms with Crippen LogP contribution in [0.3, 0.4) is 0 Å². The number of aryl methyl sites for hydroxylation is 2. The van der Waals surface area contributed by atoms with E-state index in [4.69, 9.17) is 0 Å². The van der Waals surface area contributed by atoms with Crippen LogP contribution >= 0.6 is 11.3 Å². The summed E-state index contributed by atoms with van der Waals surface area (Å²) in [6.07, 6.45) is 0. The third-order valence-corrected chi connectivity index (χ3v) is 5.63. The molecular weight excluding hydrogens is 304 g/mol. The molecule has 0 aliphatic carbocycles. The van der Waals surface area contributed by atoms with Gasteiger partial charge in [0.1, 0.15) is 5.01 Å². The maximum atomic E-state index is 12.3. The Morgan fingerprint density at radius 2 is 1.95 bits per heavy atom. The third kappa shape index (κ3) is 3.90. The molecule has 0 amide bonds. The number of hydrogen-bond acceptors (Lipinski definition) is 4. The van der Waals surface area contributed by atoms with Crippen molar-refractivity contribution in [3.63, 3.8) is 0 Å². The molecule has 4 nitrogen and oxygen atoms in total. The van der Waals surface area contributed by atoms with E-state index in [1.807, 2.05) is 25.3 Å². The van der Waals surface area contributed by atoms with Crippen LogP contribution in [0.2, 0.25) is 0 Å². The molecule has 0 radical (unpaired) electrons. The molecule has 2 rings (SSSR count). The van der Waals surface area contributed by atoms with Gasteiger partial charge < -0.3 is 0 Å². The first-order valence-corrected chi connectivity index (χ1v) is 9.17. The number of nitrogens with zero attached hydrogens (tertiary/aromatic N) is 1. The quantitative estimate of drug-likeness (QED) is 0.917. The summed E-state index contributed by atoms with van der Waals surface area (Å²) < 4.78 is 27.2. The number of thiazole rings is 1. The molecule has 1 N–H and O–H groups in total. The SMILES string of the molecule is Cc1ccc(S(=O)(=O)NCc2nc(C(C)C)cs2)cc1C. The van der Waals surface area contributed by atoms with Gasteiger partial charge in [0.25, 0.3) is 0 Å². The molecule has 21 heavy (non-hydrogen) atoms. The van der Waals surface area contributed by atoms with Crippen molar-refractivity contribution >= 4 is 21.4 Å². The zero-order valence-corrected chi connectivity index (χ0v) is 14.3. The number of rotatable bonds is 5. The molecule has 0 bridgehead atoms. The van der Waals surface area contributed by atoms with E-state index in [0.29, 0.717) is 10.8 Å². The van der Waals surface area contributed by atoms with Crippen molar-refractivity contribution < 1.29 is 8.42 Å². The fourth-order valence-corrected chi connectivity index (χ4v) is 3.85. The van der Waals surface area contributed by atoms with Gasteiger partial charge in [-0.1, -0.05) is 19.9 Å². The van der Waals surface area contributed by atoms with Crippen molar-refractivity contribution in [2.24, 2.45) is 0 Å². The van der Waals surface area contributed by atoms with E-state index < -0.39 is 10.0 Å². The van der Waals surface area contributed by atoms with Gasteiger partial charge in [-0.15, -0.1) is 11.3 Å². The van der Waals surface area contributed by atoms with Gasteiger partial charge >= 0.3 is 0 Å². The van der Waals surface area contributed by atoms with E-state index in [1.54, 1.807) is 12.1 Å². The zero-order valence-electron chi connectivity index (χ0n) is 12.7. The number of hydrogen-bond donors (Lipinski definition) is 1. The van der Waals surface area contributed by atoms with Crippen LogP contribution in [0.4, 0.5) is 0 Å². The van der Waals surface area contributed by atoms with Gasteiger partial charge in [0, 0.05) is 5.38 Å². The van der Waals surface area contributed by atoms with E-state index in [2.05, 4.69) is 23.6 Å². The highest BCUT2D eigenvalue weighted by Gasteiger charge is 2.15. The molecule has 1 aromatic heterocycles. The van der Waals surface area contributed by atoms with Gasteiger partial charge in [-0.05, 0) is 43.0 Å². The molecule has 6 heteroatoms. The Balaban J connectivity index is 2.11. The summed E-state index contributed by atoms with van der Waals surface area (Å²) in [5, 5.41) is 2.76. The van der Waals surface area contributed by atoms with Crippen LogP contribution in [0.15, 0.2) is 28.5 Å². The summed E-state index contributed by atoms with van der Waals surface area (Å²) in [7, 11) is -3.49. The summed E-state index contributed by atoms with van der Waals surface area (Å²) in [5.41, 5.74) is 3.05. The Bertz CT molecular complexity index is 734. The first-order chi connectivity index (χ1) is 9.79. The van der Waals surface area contributed by atoms with E-state index >= 15 is 0 Å². The lowest BCUT2D eigenvalue weighted by Gasteiger charge is -2.07. The number of aromatic nitrogens is 1. The lowest BCUT2D eigenvalue weighted by Crippen LogP contribution is -2.23. The Morgan fingerprint density at radius 3 is 2.52 bits per heavy atom. The zero-order chi connectivity index (χ0) is 15.6. The average Bonchev–Trinajstić information content (AvgIpc) is 2.89. The number of nitrogens with one attached hydrogen (secondary N) is 1. The molecule has 0 saturated heterocycles. The lowest BCUT2D eigenvalue weighted by molar-refractivity contribution is 0.581. The molecule has 0 saturated carbocycles. The van der Waals surface area contributed by atoms with Crippen molar-refractivity contribution in [2.75, 3.05) is 0 Å². The van der Waals surface area contributed by atoms with Crippen LogP contribution in [0.1, 0.15) is 41.6 Å². The van der Waals surface area contributed by atoms with Gasteiger partial charge in [-0.3, -0.25) is 0 Å². The minimum absolute atomic E-state index is 0.229. The molecular formula is C15H20N2O2S2. The van der Waals surface area contributed by atoms with Gasteiger partial charge in [-0.2, -0.15) is 0 Å². The second-order valence-electron chi connectivity index (χ2n) is 5.39. The minimum atomic E-state index is -3.49. The summed E-state index contributed by atoms with van der Waals surface area (Å²) in [4.78, 5) is 4.73. The highest BCUT2D eigenvalue weighted by molar-refractivity contribution is 7.89. The van der Waals surface area contributed by atoms with Gasteiger partial charge in [0.2, 0.25) is 10.0 Å². The molecule has 114 valence electrons. The van der Waals surface area contributed by atoms with Crippen LogP contribution in [0, 0.1) is 13.8 Å². The van der Waals surface area contributed by atoms with E-state index in [-0.39, 0.29) is 6.54 Å². The maximum Gasteiger partial charge on any atom is 0.240 e. The summed E-state index contributed by atoms with van der Waals surface area (Å²) in [6, 6.07) is 5.15. The molecule has 0 aliphatic rings. The number of benzene rings is 1. The molecule has 0 unspecified atom stereocenters. The maximum absolute atomic E-state index is 12.3. The molecule has 0 fully saturated rings. The lowest BCUT2D eigenvalue weighted by atomic mass is 10.1. The van der Waals surface area contributed by atoms with Crippen molar-refractivity contribution in [3.05, 3.63) is 45.4 Å². The highest BCUT2D eigenvalue weighted by atomic mass is 32.2. The van der Waals surface area contributed by atoms with Crippen LogP contribution in [0.5, 0.6) is 0 Å². The molecule has 0 spiro atoms. The van der Waals surface area contributed by atoms with Crippen molar-refractivity contribution in [1.29, 1.82) is 0 Å². The molecule has 2 aromatic rings. The Kier molecular flexibility index (Phi) is 4.81. The molecule has 0 atom stereocenters. The topological polar surface area (TPSA) is 59.1 Å². The Labute approximate surface area is 130 Å². The average molecular weight is 324 g/mol. The van der Waals surface area contributed by atoms with Gasteiger partial charge in [0.15, 0.2) is 0 Å². The smallest absolute Gasteiger partial charge is 0.240 e. The fraction of sp³-hybridized carbons (Fsp3) is 0.400. The predicted octanol–water partition coefficient (Wildman–Crippen LogP) is 3.36. The second-order valence-corrected chi connectivity index (χ2v) is 8.10. The van der Waals surface area contributed by atoms with Gasteiger partial charge in [0.05, 0.1) is 17.1 Å². The van der Waals surface area contributed by atoms with E-state index in [1.165, 1.54) is 11.3 Å². The first-order valence-electron chi connectivity index (χ1n) is 6.81. The van der Waals surface area contributed by atoms with Crippen molar-refractivity contribution in [2.45, 2.75) is 45.1 Å². The summed E-state index contributed by atoms with van der Waals surface area (Å²) >= 11 is 1.48. The molecule has 1 aromatic carbocycles. The Hall–Kier alpha value is -1.24. The molecule has 1 heterocycles. The van der Waals surface area contributed by atoms with Crippen molar-refractivity contribution in [1.82, 2.24) is 9.71 Å². The fourth-order valence-electron chi connectivity index (χ4n) is 1.79. The van der Waals surface area contributed by atoms with Crippen molar-refractivity contribution in [3.8, 4) is 0 Å². The monoisotopic (exact) mass is 324 g/mol. The third-order valence-electron chi connectivity index (χ3n) is 3.36. The second kappa shape index (κ2) is 6.25. The molecule has 0 aliphatic heterocycles. The van der Waals surface area contributed by atoms with Crippen LogP contribution < -0.4 is 4.72 Å². The number of sulfonamides is 1. The first kappa shape index (κ1) is 16.1.